The Bertz CT molecular complexity index is 173. The molecular formula is C11H22O3. The van der Waals surface area contributed by atoms with Gasteiger partial charge >= 0.3 is 5.97 Å². The van der Waals surface area contributed by atoms with E-state index in [0.717, 1.165) is 12.8 Å². The van der Waals surface area contributed by atoms with Crippen molar-refractivity contribution in [1.29, 1.82) is 0 Å². The molecule has 1 N–H and O–H groups in total. The maximum Gasteiger partial charge on any atom is 0.302 e. The van der Waals surface area contributed by atoms with Crippen molar-refractivity contribution in [2.45, 2.75) is 52.6 Å². The first kappa shape index (κ1) is 13.4. The number of carbonyl (C=O) groups excluding carboxylic acids is 1. The molecule has 0 radical (unpaired) electrons. The van der Waals surface area contributed by atoms with E-state index < -0.39 is 5.60 Å². The molecule has 0 bridgehead atoms. The molecule has 0 fully saturated rings. The first-order valence-electron chi connectivity index (χ1n) is 5.19. The van der Waals surface area contributed by atoms with E-state index in [1.54, 1.807) is 6.92 Å². The standard InChI is InChI=1S/C11H22O3/c1-9(2)6-5-7-11(4,13)8-14-10(3)12/h9,13H,5-8H2,1-4H3. The molecule has 0 spiro atoms. The maximum atomic E-state index is 10.5. The number of aliphatic hydroxyl groups is 1. The Morgan fingerprint density at radius 3 is 2.50 bits per heavy atom. The van der Waals surface area contributed by atoms with E-state index in [2.05, 4.69) is 13.8 Å². The predicted octanol–water partition coefficient (Wildman–Crippen LogP) is 2.13. The molecule has 0 aliphatic rings. The maximum absolute atomic E-state index is 10.5. The van der Waals surface area contributed by atoms with E-state index >= 15 is 0 Å². The molecule has 0 aliphatic carbocycles. The summed E-state index contributed by atoms with van der Waals surface area (Å²) in [6.07, 6.45) is 2.74. The van der Waals surface area contributed by atoms with Crippen molar-refractivity contribution in [3.63, 3.8) is 0 Å². The Hall–Kier alpha value is -0.570. The summed E-state index contributed by atoms with van der Waals surface area (Å²) in [6, 6.07) is 0. The molecule has 3 heteroatoms. The minimum Gasteiger partial charge on any atom is -0.463 e. The van der Waals surface area contributed by atoms with Crippen LogP contribution in [0.4, 0.5) is 0 Å². The molecule has 1 atom stereocenters. The average Bonchev–Trinajstić information content (AvgIpc) is 2.00. The quantitative estimate of drug-likeness (QED) is 0.671. The second-order valence-electron chi connectivity index (χ2n) is 4.56. The minimum atomic E-state index is -0.874. The van der Waals surface area contributed by atoms with Gasteiger partial charge in [-0.2, -0.15) is 0 Å². The monoisotopic (exact) mass is 202 g/mol. The second-order valence-corrected chi connectivity index (χ2v) is 4.56. The van der Waals surface area contributed by atoms with Crippen LogP contribution in [0.1, 0.15) is 47.0 Å². The topological polar surface area (TPSA) is 46.5 Å². The fourth-order valence-electron chi connectivity index (χ4n) is 1.22. The molecule has 0 aromatic heterocycles. The highest BCUT2D eigenvalue weighted by Crippen LogP contribution is 2.16. The molecule has 0 rings (SSSR count). The molecular weight excluding hydrogens is 180 g/mol. The van der Waals surface area contributed by atoms with Gasteiger partial charge in [-0.3, -0.25) is 4.79 Å². The van der Waals surface area contributed by atoms with Crippen molar-refractivity contribution in [1.82, 2.24) is 0 Å². The Labute approximate surface area is 86.5 Å². The van der Waals surface area contributed by atoms with Crippen LogP contribution in [0.5, 0.6) is 0 Å². The van der Waals surface area contributed by atoms with E-state index in [9.17, 15) is 9.90 Å². The Morgan fingerprint density at radius 2 is 2.07 bits per heavy atom. The fourth-order valence-corrected chi connectivity index (χ4v) is 1.22. The van der Waals surface area contributed by atoms with Crippen LogP contribution in [0.25, 0.3) is 0 Å². The largest absolute Gasteiger partial charge is 0.463 e. The van der Waals surface area contributed by atoms with Gasteiger partial charge in [-0.1, -0.05) is 26.7 Å². The lowest BCUT2D eigenvalue weighted by molar-refractivity contribution is -0.148. The summed E-state index contributed by atoms with van der Waals surface area (Å²) in [7, 11) is 0. The van der Waals surface area contributed by atoms with Gasteiger partial charge in [0, 0.05) is 6.92 Å². The average molecular weight is 202 g/mol. The highest BCUT2D eigenvalue weighted by Gasteiger charge is 2.21. The molecule has 0 aromatic rings. The molecule has 1 unspecified atom stereocenters. The van der Waals surface area contributed by atoms with E-state index in [-0.39, 0.29) is 12.6 Å². The lowest BCUT2D eigenvalue weighted by Crippen LogP contribution is -2.31. The van der Waals surface area contributed by atoms with Crippen molar-refractivity contribution in [3.05, 3.63) is 0 Å². The smallest absolute Gasteiger partial charge is 0.302 e. The molecule has 84 valence electrons. The van der Waals surface area contributed by atoms with Crippen LogP contribution >= 0.6 is 0 Å². The zero-order valence-corrected chi connectivity index (χ0v) is 9.67. The molecule has 0 amide bonds. The number of hydrogen-bond donors (Lipinski definition) is 1. The van der Waals surface area contributed by atoms with E-state index in [0.29, 0.717) is 12.3 Å². The van der Waals surface area contributed by atoms with Crippen LogP contribution in [0.3, 0.4) is 0 Å². The summed E-state index contributed by atoms with van der Waals surface area (Å²) in [5, 5.41) is 9.80. The Balaban J connectivity index is 3.66. The van der Waals surface area contributed by atoms with Crippen molar-refractivity contribution in [2.75, 3.05) is 6.61 Å². The third-order valence-electron chi connectivity index (χ3n) is 2.08. The zero-order valence-electron chi connectivity index (χ0n) is 9.67. The lowest BCUT2D eigenvalue weighted by Gasteiger charge is -2.22. The zero-order chi connectivity index (χ0) is 11.2. The summed E-state index contributed by atoms with van der Waals surface area (Å²) >= 11 is 0. The number of rotatable bonds is 6. The normalized spacial score (nSPS) is 15.3. The highest BCUT2D eigenvalue weighted by atomic mass is 16.5. The van der Waals surface area contributed by atoms with Crippen LogP contribution in [0.2, 0.25) is 0 Å². The van der Waals surface area contributed by atoms with Crippen LogP contribution < -0.4 is 0 Å². The van der Waals surface area contributed by atoms with Gasteiger partial charge in [0.15, 0.2) is 0 Å². The first-order valence-corrected chi connectivity index (χ1v) is 5.19. The molecule has 0 aliphatic heterocycles. The van der Waals surface area contributed by atoms with Crippen molar-refractivity contribution >= 4 is 5.97 Å². The van der Waals surface area contributed by atoms with Crippen molar-refractivity contribution in [3.8, 4) is 0 Å². The SMILES string of the molecule is CC(=O)OCC(C)(O)CCCC(C)C. The lowest BCUT2D eigenvalue weighted by atomic mass is 9.97. The summed E-state index contributed by atoms with van der Waals surface area (Å²) < 4.78 is 4.78. The summed E-state index contributed by atoms with van der Waals surface area (Å²) in [5.41, 5.74) is -0.874. The predicted molar refractivity (Wildman–Crippen MR) is 55.9 cm³/mol. The van der Waals surface area contributed by atoms with E-state index in [4.69, 9.17) is 4.74 Å². The first-order chi connectivity index (χ1) is 6.33. The molecule has 0 heterocycles. The van der Waals surface area contributed by atoms with Gasteiger partial charge in [-0.25, -0.2) is 0 Å². The van der Waals surface area contributed by atoms with Crippen LogP contribution in [-0.4, -0.2) is 23.3 Å². The van der Waals surface area contributed by atoms with Gasteiger partial charge < -0.3 is 9.84 Å². The van der Waals surface area contributed by atoms with Gasteiger partial charge in [0.2, 0.25) is 0 Å². The summed E-state index contributed by atoms with van der Waals surface area (Å²) in [4.78, 5) is 10.5. The number of ether oxygens (including phenoxy) is 1. The van der Waals surface area contributed by atoms with Gasteiger partial charge in [0.05, 0.1) is 5.60 Å². The Morgan fingerprint density at radius 1 is 1.50 bits per heavy atom. The summed E-state index contributed by atoms with van der Waals surface area (Å²) in [5.74, 6) is 0.314. The number of carbonyl (C=O) groups is 1. The Kier molecular flexibility index (Phi) is 5.77. The van der Waals surface area contributed by atoms with Gasteiger partial charge in [0.1, 0.15) is 6.61 Å². The van der Waals surface area contributed by atoms with Gasteiger partial charge in [0.25, 0.3) is 0 Å². The molecule has 0 aromatic carbocycles. The van der Waals surface area contributed by atoms with Crippen LogP contribution in [0, 0.1) is 5.92 Å². The third kappa shape index (κ3) is 8.05. The second kappa shape index (κ2) is 6.02. The van der Waals surface area contributed by atoms with Crippen LogP contribution in [0.15, 0.2) is 0 Å². The molecule has 0 saturated heterocycles. The van der Waals surface area contributed by atoms with Crippen LogP contribution in [-0.2, 0) is 9.53 Å². The third-order valence-corrected chi connectivity index (χ3v) is 2.08. The van der Waals surface area contributed by atoms with Gasteiger partial charge in [-0.15, -0.1) is 0 Å². The molecule has 0 saturated carbocycles. The number of hydrogen-bond acceptors (Lipinski definition) is 3. The minimum absolute atomic E-state index is 0.0976. The van der Waals surface area contributed by atoms with Gasteiger partial charge in [-0.05, 0) is 19.3 Å². The number of esters is 1. The summed E-state index contributed by atoms with van der Waals surface area (Å²) in [6.45, 7) is 7.46. The van der Waals surface area contributed by atoms with E-state index in [1.165, 1.54) is 6.92 Å². The molecule has 14 heavy (non-hydrogen) atoms. The van der Waals surface area contributed by atoms with E-state index in [1.807, 2.05) is 0 Å². The highest BCUT2D eigenvalue weighted by molar-refractivity contribution is 5.65. The van der Waals surface area contributed by atoms with Crippen molar-refractivity contribution in [2.24, 2.45) is 5.92 Å². The fraction of sp³-hybridized carbons (Fsp3) is 0.909. The molecule has 3 nitrogen and oxygen atoms in total. The van der Waals surface area contributed by atoms with Crippen molar-refractivity contribution < 1.29 is 14.6 Å².